The molecule has 0 saturated carbocycles. The Morgan fingerprint density at radius 1 is 1.22 bits per heavy atom. The first-order valence-electron chi connectivity index (χ1n) is 8.57. The van der Waals surface area contributed by atoms with E-state index in [1.165, 1.54) is 6.07 Å². The molecule has 1 aliphatic rings. The van der Waals surface area contributed by atoms with Crippen LogP contribution in [0.2, 0.25) is 0 Å². The summed E-state index contributed by atoms with van der Waals surface area (Å²) < 4.78 is 0.621. The van der Waals surface area contributed by atoms with Gasteiger partial charge in [0.25, 0.3) is 5.91 Å². The molecule has 140 valence electrons. The highest BCUT2D eigenvalue weighted by molar-refractivity contribution is 7.21. The molecule has 9 heteroatoms. The molecule has 0 radical (unpaired) electrons. The average molecular weight is 385 g/mol. The Labute approximate surface area is 159 Å². The topological polar surface area (TPSA) is 102 Å². The summed E-state index contributed by atoms with van der Waals surface area (Å²) in [5.41, 5.74) is 2.16. The molecule has 4 rings (SSSR count). The number of H-pyrrole nitrogens is 1. The van der Waals surface area contributed by atoms with Crippen LogP contribution in [0.1, 0.15) is 20.0 Å². The molecule has 8 nitrogen and oxygen atoms in total. The molecule has 3 aromatic rings. The van der Waals surface area contributed by atoms with Crippen molar-refractivity contribution in [2.24, 2.45) is 0 Å². The Balaban J connectivity index is 1.53. The maximum atomic E-state index is 12.7. The van der Waals surface area contributed by atoms with Crippen LogP contribution >= 0.6 is 11.3 Å². The van der Waals surface area contributed by atoms with E-state index in [4.69, 9.17) is 5.11 Å². The van der Waals surface area contributed by atoms with Gasteiger partial charge < -0.3 is 20.2 Å². The predicted molar refractivity (Wildman–Crippen MR) is 105 cm³/mol. The lowest BCUT2D eigenvalue weighted by Crippen LogP contribution is -2.44. The second-order valence-corrected chi connectivity index (χ2v) is 7.58. The molecular weight excluding hydrogens is 366 g/mol. The van der Waals surface area contributed by atoms with Gasteiger partial charge in [0.15, 0.2) is 5.82 Å². The van der Waals surface area contributed by atoms with Crippen LogP contribution < -0.4 is 10.2 Å². The number of aromatic carboxylic acids is 1. The number of aromatic amines is 1. The van der Waals surface area contributed by atoms with Crippen molar-refractivity contribution in [2.45, 2.75) is 0 Å². The highest BCUT2D eigenvalue weighted by Crippen LogP contribution is 2.30. The lowest BCUT2D eigenvalue weighted by molar-refractivity contribution is 0.0702. The molecule has 2 aromatic heterocycles. The van der Waals surface area contributed by atoms with Crippen LogP contribution in [0.25, 0.3) is 10.2 Å². The van der Waals surface area contributed by atoms with Gasteiger partial charge in [-0.15, -0.1) is 11.3 Å². The van der Waals surface area contributed by atoms with Gasteiger partial charge in [0.2, 0.25) is 0 Å². The van der Waals surface area contributed by atoms with Crippen LogP contribution in [-0.2, 0) is 0 Å². The fourth-order valence-electron chi connectivity index (χ4n) is 3.10. The van der Waals surface area contributed by atoms with E-state index in [1.807, 2.05) is 18.2 Å². The summed E-state index contributed by atoms with van der Waals surface area (Å²) >= 11 is 1.08. The molecule has 0 unspecified atom stereocenters. The van der Waals surface area contributed by atoms with Crippen molar-refractivity contribution in [3.8, 4) is 0 Å². The summed E-state index contributed by atoms with van der Waals surface area (Å²) in [6, 6.07) is 9.03. The molecule has 1 aliphatic heterocycles. The van der Waals surface area contributed by atoms with Crippen LogP contribution in [-0.4, -0.2) is 65.3 Å². The van der Waals surface area contributed by atoms with Gasteiger partial charge in [-0.2, -0.15) is 5.10 Å². The van der Waals surface area contributed by atoms with Crippen molar-refractivity contribution < 1.29 is 14.7 Å². The number of hydrogen-bond donors (Lipinski definition) is 3. The molecule has 3 heterocycles. The number of hydrogen-bond acceptors (Lipinski definition) is 6. The molecule has 0 spiro atoms. The van der Waals surface area contributed by atoms with Gasteiger partial charge in [-0.1, -0.05) is 6.07 Å². The normalized spacial score (nSPS) is 15.2. The largest absolute Gasteiger partial charge is 0.477 e. The molecule has 0 atom stereocenters. The average Bonchev–Trinajstić information content (AvgIpc) is 3.24. The number of nitrogens with one attached hydrogen (secondary N) is 2. The Morgan fingerprint density at radius 3 is 2.74 bits per heavy atom. The SMILES string of the molecule is CN1CCN(c2cccc(C(=O)Nc3n[nH]c4cc(C(=O)O)sc34)c2)CC1. The van der Waals surface area contributed by atoms with E-state index in [-0.39, 0.29) is 10.8 Å². The van der Waals surface area contributed by atoms with Crippen LogP contribution in [0.3, 0.4) is 0 Å². The number of anilines is 2. The van der Waals surface area contributed by atoms with Crippen molar-refractivity contribution in [1.82, 2.24) is 15.1 Å². The number of piperazine rings is 1. The van der Waals surface area contributed by atoms with E-state index in [9.17, 15) is 9.59 Å². The first kappa shape index (κ1) is 17.5. The van der Waals surface area contributed by atoms with Crippen molar-refractivity contribution in [2.75, 3.05) is 43.4 Å². The predicted octanol–water partition coefficient (Wildman–Crippen LogP) is 2.33. The maximum Gasteiger partial charge on any atom is 0.345 e. The zero-order valence-corrected chi connectivity index (χ0v) is 15.5. The zero-order chi connectivity index (χ0) is 19.0. The number of benzene rings is 1. The minimum atomic E-state index is -0.998. The van der Waals surface area contributed by atoms with E-state index in [2.05, 4.69) is 32.4 Å². The minimum absolute atomic E-state index is 0.200. The van der Waals surface area contributed by atoms with E-state index in [0.29, 0.717) is 21.6 Å². The number of thiophene rings is 1. The fourth-order valence-corrected chi connectivity index (χ4v) is 3.99. The highest BCUT2D eigenvalue weighted by atomic mass is 32.1. The number of fused-ring (bicyclic) bond motifs is 1. The molecule has 1 fully saturated rings. The number of carbonyl (C=O) groups is 2. The fraction of sp³-hybridized carbons (Fsp3) is 0.278. The summed E-state index contributed by atoms with van der Waals surface area (Å²) in [4.78, 5) is 28.5. The van der Waals surface area contributed by atoms with E-state index >= 15 is 0 Å². The lowest BCUT2D eigenvalue weighted by Gasteiger charge is -2.34. The van der Waals surface area contributed by atoms with Gasteiger partial charge in [-0.05, 0) is 31.3 Å². The first-order chi connectivity index (χ1) is 13.0. The van der Waals surface area contributed by atoms with Gasteiger partial charge >= 0.3 is 5.97 Å². The zero-order valence-electron chi connectivity index (χ0n) is 14.7. The third kappa shape index (κ3) is 3.51. The Bertz CT molecular complexity index is 1000. The molecule has 1 saturated heterocycles. The van der Waals surface area contributed by atoms with Gasteiger partial charge in [0.05, 0.1) is 10.2 Å². The summed E-state index contributed by atoms with van der Waals surface area (Å²) in [6.07, 6.45) is 0. The lowest BCUT2D eigenvalue weighted by atomic mass is 10.1. The van der Waals surface area contributed by atoms with Gasteiger partial charge in [0.1, 0.15) is 4.88 Å². The number of carboxylic acid groups (broad SMARTS) is 1. The van der Waals surface area contributed by atoms with Crippen molar-refractivity contribution in [3.05, 3.63) is 40.8 Å². The number of nitrogens with zero attached hydrogens (tertiary/aromatic N) is 3. The summed E-state index contributed by atoms with van der Waals surface area (Å²) in [7, 11) is 2.10. The van der Waals surface area contributed by atoms with Crippen LogP contribution in [0.4, 0.5) is 11.5 Å². The van der Waals surface area contributed by atoms with Crippen LogP contribution in [0.5, 0.6) is 0 Å². The quantitative estimate of drug-likeness (QED) is 0.637. The molecule has 1 amide bonds. The van der Waals surface area contributed by atoms with E-state index < -0.39 is 5.97 Å². The van der Waals surface area contributed by atoms with Crippen molar-refractivity contribution in [3.63, 3.8) is 0 Å². The molecule has 27 heavy (non-hydrogen) atoms. The second kappa shape index (κ2) is 7.01. The van der Waals surface area contributed by atoms with E-state index in [0.717, 1.165) is 43.2 Å². The summed E-state index contributed by atoms with van der Waals surface area (Å²) in [6.45, 7) is 3.83. The first-order valence-corrected chi connectivity index (χ1v) is 9.39. The minimum Gasteiger partial charge on any atom is -0.477 e. The number of carboxylic acids is 1. The maximum absolute atomic E-state index is 12.7. The monoisotopic (exact) mass is 385 g/mol. The Morgan fingerprint density at radius 2 is 2.00 bits per heavy atom. The van der Waals surface area contributed by atoms with E-state index in [1.54, 1.807) is 6.07 Å². The Hall–Kier alpha value is -2.91. The molecular formula is C18H19N5O3S. The van der Waals surface area contributed by atoms with Gasteiger partial charge in [-0.25, -0.2) is 4.79 Å². The standard InChI is InChI=1S/C18H19N5O3S/c1-22-5-7-23(8-6-22)12-4-2-3-11(9-12)17(24)19-16-15-13(20-21-16)10-14(27-15)18(25)26/h2-4,9-10H,5-8H2,1H3,(H,25,26)(H2,19,20,21,24). The molecule has 0 aliphatic carbocycles. The number of aromatic nitrogens is 2. The number of carbonyl (C=O) groups excluding carboxylic acids is 1. The smallest absolute Gasteiger partial charge is 0.345 e. The summed E-state index contributed by atoms with van der Waals surface area (Å²) in [5.74, 6) is -0.927. The molecule has 0 bridgehead atoms. The van der Waals surface area contributed by atoms with Gasteiger partial charge in [-0.3, -0.25) is 9.89 Å². The second-order valence-electron chi connectivity index (χ2n) is 6.53. The third-order valence-corrected chi connectivity index (χ3v) is 5.78. The van der Waals surface area contributed by atoms with Crippen LogP contribution in [0, 0.1) is 0 Å². The highest BCUT2D eigenvalue weighted by Gasteiger charge is 2.18. The number of likely N-dealkylation sites (N-methyl/N-ethyl adjacent to an activating group) is 1. The Kier molecular flexibility index (Phi) is 4.54. The summed E-state index contributed by atoms with van der Waals surface area (Å²) in [5, 5.41) is 18.7. The van der Waals surface area contributed by atoms with Crippen molar-refractivity contribution in [1.29, 1.82) is 0 Å². The molecule has 3 N–H and O–H groups in total. The molecule has 1 aromatic carbocycles. The van der Waals surface area contributed by atoms with Crippen LogP contribution in [0.15, 0.2) is 30.3 Å². The third-order valence-electron chi connectivity index (χ3n) is 4.65. The number of amides is 1. The van der Waals surface area contributed by atoms with Gasteiger partial charge in [0, 0.05) is 37.4 Å². The van der Waals surface area contributed by atoms with Crippen molar-refractivity contribution >= 4 is 44.9 Å². The number of rotatable bonds is 4.